The fraction of sp³-hybridized carbons (Fsp3) is 0.200. The number of nitrogens with zero attached hydrogens (tertiary/aromatic N) is 2. The Balaban J connectivity index is 2.13. The van der Waals surface area contributed by atoms with Gasteiger partial charge in [0.25, 0.3) is 0 Å². The van der Waals surface area contributed by atoms with E-state index in [2.05, 4.69) is 10.1 Å². The van der Waals surface area contributed by atoms with E-state index in [-0.39, 0.29) is 0 Å². The summed E-state index contributed by atoms with van der Waals surface area (Å²) >= 11 is 0. The Morgan fingerprint density at radius 3 is 2.85 bits per heavy atom. The topological polar surface area (TPSA) is 63.9 Å². The summed E-state index contributed by atoms with van der Waals surface area (Å²) < 4.78 is 11.3. The average Bonchev–Trinajstić information content (AvgIpc) is 2.48. The van der Waals surface area contributed by atoms with Crippen molar-refractivity contribution < 1.29 is 14.7 Å². The van der Waals surface area contributed by atoms with Gasteiger partial charge in [0.2, 0.25) is 0 Å². The van der Waals surface area contributed by atoms with Crippen molar-refractivity contribution in [1.29, 1.82) is 0 Å². The summed E-state index contributed by atoms with van der Waals surface area (Å²) in [6.07, 6.45) is 4.82. The van der Waals surface area contributed by atoms with Crippen LogP contribution in [-0.4, -0.2) is 23.0 Å². The number of hydrogen-bond donors (Lipinski definition) is 1. The maximum absolute atomic E-state index is 8.55. The van der Waals surface area contributed by atoms with Gasteiger partial charge in [-0.25, -0.2) is 0 Å². The zero-order valence-corrected chi connectivity index (χ0v) is 11.2. The molecule has 0 amide bonds. The van der Waals surface area contributed by atoms with E-state index in [1.54, 1.807) is 30.6 Å². The van der Waals surface area contributed by atoms with Gasteiger partial charge >= 0.3 is 0 Å². The fourth-order valence-electron chi connectivity index (χ4n) is 1.70. The van der Waals surface area contributed by atoms with Gasteiger partial charge in [0, 0.05) is 23.5 Å². The van der Waals surface area contributed by atoms with Gasteiger partial charge < -0.3 is 14.7 Å². The number of hydrogen-bond acceptors (Lipinski definition) is 5. The third kappa shape index (κ3) is 3.71. The van der Waals surface area contributed by atoms with Gasteiger partial charge in [-0.15, -0.1) is 0 Å². The molecule has 0 aliphatic carbocycles. The van der Waals surface area contributed by atoms with E-state index in [1.807, 2.05) is 19.1 Å². The van der Waals surface area contributed by atoms with E-state index < -0.39 is 0 Å². The van der Waals surface area contributed by atoms with Gasteiger partial charge in [0.1, 0.15) is 6.61 Å². The summed E-state index contributed by atoms with van der Waals surface area (Å²) in [7, 11) is 0. The second-order valence-electron chi connectivity index (χ2n) is 4.03. The first-order chi connectivity index (χ1) is 9.83. The molecule has 1 aromatic carbocycles. The lowest BCUT2D eigenvalue weighted by atomic mass is 10.2. The van der Waals surface area contributed by atoms with Crippen molar-refractivity contribution in [3.8, 4) is 11.5 Å². The van der Waals surface area contributed by atoms with Crippen molar-refractivity contribution in [2.45, 2.75) is 13.5 Å². The molecule has 0 aliphatic heterocycles. The molecule has 0 bridgehead atoms. The number of aromatic nitrogens is 1. The second-order valence-corrected chi connectivity index (χ2v) is 4.03. The highest BCUT2D eigenvalue weighted by Crippen LogP contribution is 2.28. The average molecular weight is 272 g/mol. The van der Waals surface area contributed by atoms with E-state index in [9.17, 15) is 0 Å². The molecule has 20 heavy (non-hydrogen) atoms. The van der Waals surface area contributed by atoms with Crippen molar-refractivity contribution in [2.75, 3.05) is 6.61 Å². The van der Waals surface area contributed by atoms with Crippen LogP contribution in [0.4, 0.5) is 0 Å². The normalized spacial score (nSPS) is 10.7. The van der Waals surface area contributed by atoms with Crippen LogP contribution in [0.25, 0.3) is 0 Å². The van der Waals surface area contributed by atoms with Crippen LogP contribution in [0, 0.1) is 0 Å². The molecule has 0 saturated carbocycles. The molecule has 0 radical (unpaired) electrons. The summed E-state index contributed by atoms with van der Waals surface area (Å²) in [6, 6.07) is 9.16. The molecule has 5 nitrogen and oxygen atoms in total. The first-order valence-corrected chi connectivity index (χ1v) is 6.29. The molecule has 1 N–H and O–H groups in total. The van der Waals surface area contributed by atoms with Gasteiger partial charge in [0.05, 0.1) is 12.8 Å². The third-order valence-electron chi connectivity index (χ3n) is 2.59. The Hall–Kier alpha value is -2.56. The van der Waals surface area contributed by atoms with Gasteiger partial charge in [0.15, 0.2) is 11.5 Å². The van der Waals surface area contributed by atoms with Crippen molar-refractivity contribution in [2.24, 2.45) is 5.16 Å². The van der Waals surface area contributed by atoms with Crippen LogP contribution >= 0.6 is 0 Å². The summed E-state index contributed by atoms with van der Waals surface area (Å²) in [6.45, 7) is 2.85. The lowest BCUT2D eigenvalue weighted by Crippen LogP contribution is -2.00. The highest BCUT2D eigenvalue weighted by molar-refractivity contribution is 5.80. The van der Waals surface area contributed by atoms with E-state index in [0.717, 1.165) is 11.1 Å². The van der Waals surface area contributed by atoms with Gasteiger partial charge in [-0.1, -0.05) is 11.2 Å². The van der Waals surface area contributed by atoms with Crippen molar-refractivity contribution >= 4 is 6.21 Å². The minimum atomic E-state index is 0.418. The van der Waals surface area contributed by atoms with Gasteiger partial charge in [-0.2, -0.15) is 0 Å². The van der Waals surface area contributed by atoms with Crippen LogP contribution in [0.5, 0.6) is 11.5 Å². The largest absolute Gasteiger partial charge is 0.490 e. The second kappa shape index (κ2) is 7.13. The molecule has 1 heterocycles. The van der Waals surface area contributed by atoms with Crippen molar-refractivity contribution in [3.05, 3.63) is 53.9 Å². The smallest absolute Gasteiger partial charge is 0.161 e. The van der Waals surface area contributed by atoms with Crippen LogP contribution in [0.1, 0.15) is 18.1 Å². The number of benzene rings is 1. The zero-order valence-electron chi connectivity index (χ0n) is 11.2. The van der Waals surface area contributed by atoms with E-state index in [4.69, 9.17) is 14.7 Å². The van der Waals surface area contributed by atoms with Crippen molar-refractivity contribution in [3.63, 3.8) is 0 Å². The molecule has 0 atom stereocenters. The SMILES string of the molecule is CCOc1cc(/C=N/O)ccc1OCc1cccnc1. The summed E-state index contributed by atoms with van der Waals surface area (Å²) in [5, 5.41) is 11.6. The predicted molar refractivity (Wildman–Crippen MR) is 75.6 cm³/mol. The minimum absolute atomic E-state index is 0.418. The Bertz CT molecular complexity index is 571. The Morgan fingerprint density at radius 1 is 1.25 bits per heavy atom. The molecule has 5 heteroatoms. The molecule has 0 saturated heterocycles. The number of oxime groups is 1. The molecule has 2 rings (SSSR count). The number of rotatable bonds is 6. The monoisotopic (exact) mass is 272 g/mol. The number of ether oxygens (including phenoxy) is 2. The Labute approximate surface area is 117 Å². The molecule has 1 aromatic heterocycles. The zero-order chi connectivity index (χ0) is 14.2. The Kier molecular flexibility index (Phi) is 4.94. The maximum Gasteiger partial charge on any atom is 0.161 e. The first-order valence-electron chi connectivity index (χ1n) is 6.29. The number of pyridine rings is 1. The molecule has 104 valence electrons. The predicted octanol–water partition coefficient (Wildman–Crippen LogP) is 2.87. The lowest BCUT2D eigenvalue weighted by Gasteiger charge is -2.12. The molecular formula is C15H16N2O3. The summed E-state index contributed by atoms with van der Waals surface area (Å²) in [5.41, 5.74) is 1.72. The standard InChI is InChI=1S/C15H16N2O3/c1-2-19-15-8-12(10-17-18)5-6-14(15)20-11-13-4-3-7-16-9-13/h3-10,18H,2,11H2,1H3/b17-10+. The molecule has 0 spiro atoms. The van der Waals surface area contributed by atoms with Gasteiger partial charge in [-0.05, 0) is 31.2 Å². The summed E-state index contributed by atoms with van der Waals surface area (Å²) in [4.78, 5) is 4.04. The fourth-order valence-corrected chi connectivity index (χ4v) is 1.70. The molecule has 0 fully saturated rings. The summed E-state index contributed by atoms with van der Waals surface area (Å²) in [5.74, 6) is 1.26. The van der Waals surface area contributed by atoms with E-state index >= 15 is 0 Å². The molecule has 0 unspecified atom stereocenters. The van der Waals surface area contributed by atoms with Crippen LogP contribution in [0.3, 0.4) is 0 Å². The minimum Gasteiger partial charge on any atom is -0.490 e. The van der Waals surface area contributed by atoms with Gasteiger partial charge in [-0.3, -0.25) is 4.98 Å². The van der Waals surface area contributed by atoms with E-state index in [0.29, 0.717) is 24.7 Å². The highest BCUT2D eigenvalue weighted by Gasteiger charge is 2.06. The quantitative estimate of drug-likeness (QED) is 0.499. The third-order valence-corrected chi connectivity index (χ3v) is 2.59. The van der Waals surface area contributed by atoms with Crippen molar-refractivity contribution in [1.82, 2.24) is 4.98 Å². The van der Waals surface area contributed by atoms with Crippen LogP contribution in [0.15, 0.2) is 47.9 Å². The molecule has 2 aromatic rings. The molecule has 0 aliphatic rings. The van der Waals surface area contributed by atoms with Crippen LogP contribution in [-0.2, 0) is 6.61 Å². The van der Waals surface area contributed by atoms with Crippen LogP contribution < -0.4 is 9.47 Å². The van der Waals surface area contributed by atoms with E-state index in [1.165, 1.54) is 6.21 Å². The lowest BCUT2D eigenvalue weighted by molar-refractivity contribution is 0.269. The molecular weight excluding hydrogens is 256 g/mol. The first kappa shape index (κ1) is 13.9. The van der Waals surface area contributed by atoms with Crippen LogP contribution in [0.2, 0.25) is 0 Å². The maximum atomic E-state index is 8.55. The highest BCUT2D eigenvalue weighted by atomic mass is 16.5. The Morgan fingerprint density at radius 2 is 2.15 bits per heavy atom.